The van der Waals surface area contributed by atoms with Crippen LogP contribution in [0.15, 0.2) is 18.2 Å². The van der Waals surface area contributed by atoms with E-state index in [0.29, 0.717) is 22.4 Å². The van der Waals surface area contributed by atoms with Gasteiger partial charge in [0, 0.05) is 17.0 Å². The van der Waals surface area contributed by atoms with E-state index in [-0.39, 0.29) is 5.54 Å². The predicted octanol–water partition coefficient (Wildman–Crippen LogP) is 3.84. The minimum Gasteiger partial charge on any atom is -0.490 e. The summed E-state index contributed by atoms with van der Waals surface area (Å²) < 4.78 is 5.56. The molecule has 0 saturated heterocycles. The van der Waals surface area contributed by atoms with Crippen molar-refractivity contribution < 1.29 is 4.74 Å². The molecule has 0 saturated carbocycles. The van der Waals surface area contributed by atoms with Crippen LogP contribution in [0.2, 0.25) is 10.0 Å². The Kier molecular flexibility index (Phi) is 5.93. The lowest BCUT2D eigenvalue weighted by molar-refractivity contribution is 0.344. The van der Waals surface area contributed by atoms with E-state index in [2.05, 4.69) is 0 Å². The normalized spacial score (nSPS) is 11.6. The van der Waals surface area contributed by atoms with Crippen molar-refractivity contribution in [3.05, 3.63) is 28.2 Å². The molecule has 0 amide bonds. The van der Waals surface area contributed by atoms with Crippen molar-refractivity contribution in [1.29, 1.82) is 0 Å². The lowest BCUT2D eigenvalue weighted by Crippen LogP contribution is -2.34. The van der Waals surface area contributed by atoms with Crippen molar-refractivity contribution in [2.75, 3.05) is 18.1 Å². The molecule has 1 rings (SSSR count). The molecule has 0 aromatic heterocycles. The third-order valence-corrected chi connectivity index (χ3v) is 3.87. The second-order valence-corrected chi connectivity index (χ2v) is 6.36. The smallest absolute Gasteiger partial charge is 0.156 e. The topological polar surface area (TPSA) is 35.2 Å². The molecule has 2 N–H and O–H groups in total. The number of rotatable bonds is 6. The van der Waals surface area contributed by atoms with Crippen LogP contribution in [0.5, 0.6) is 5.75 Å². The van der Waals surface area contributed by atoms with Crippen molar-refractivity contribution in [2.24, 2.45) is 5.73 Å². The van der Waals surface area contributed by atoms with Gasteiger partial charge in [-0.3, -0.25) is 0 Å². The molecule has 17 heavy (non-hydrogen) atoms. The van der Waals surface area contributed by atoms with Gasteiger partial charge in [-0.1, -0.05) is 29.3 Å². The number of nitrogens with two attached hydrogens (primary N) is 1. The van der Waals surface area contributed by atoms with E-state index >= 15 is 0 Å². The summed E-state index contributed by atoms with van der Waals surface area (Å²) in [6.07, 6.45) is 0. The highest BCUT2D eigenvalue weighted by atomic mass is 35.5. The minimum absolute atomic E-state index is 0.146. The monoisotopic (exact) mass is 293 g/mol. The maximum absolute atomic E-state index is 5.98. The van der Waals surface area contributed by atoms with Crippen LogP contribution in [0.1, 0.15) is 13.8 Å². The second kappa shape index (κ2) is 6.74. The lowest BCUT2D eigenvalue weighted by atomic mass is 10.1. The van der Waals surface area contributed by atoms with Crippen molar-refractivity contribution >= 4 is 35.0 Å². The molecule has 0 bridgehead atoms. The zero-order valence-electron chi connectivity index (χ0n) is 10.0. The maximum Gasteiger partial charge on any atom is 0.156 e. The van der Waals surface area contributed by atoms with Crippen LogP contribution in [0, 0.1) is 0 Å². The van der Waals surface area contributed by atoms with E-state index in [1.54, 1.807) is 30.0 Å². The number of thioether (sulfide) groups is 1. The van der Waals surface area contributed by atoms with E-state index in [9.17, 15) is 0 Å². The Morgan fingerprint density at radius 3 is 2.41 bits per heavy atom. The summed E-state index contributed by atoms with van der Waals surface area (Å²) in [7, 11) is 0. The van der Waals surface area contributed by atoms with Gasteiger partial charge in [-0.25, -0.2) is 0 Å². The fourth-order valence-corrected chi connectivity index (χ4v) is 2.54. The molecule has 0 aliphatic heterocycles. The van der Waals surface area contributed by atoms with Gasteiger partial charge in [0.15, 0.2) is 5.75 Å². The van der Waals surface area contributed by atoms with Crippen molar-refractivity contribution in [2.45, 2.75) is 19.4 Å². The molecular formula is C12H17Cl2NOS. The van der Waals surface area contributed by atoms with E-state index in [1.165, 1.54) is 0 Å². The molecule has 0 aliphatic carbocycles. The third-order valence-electron chi connectivity index (χ3n) is 1.87. The van der Waals surface area contributed by atoms with E-state index in [4.69, 9.17) is 33.7 Å². The highest BCUT2D eigenvalue weighted by Crippen LogP contribution is 2.32. The first-order valence-electron chi connectivity index (χ1n) is 5.33. The molecule has 0 radical (unpaired) electrons. The first kappa shape index (κ1) is 15.0. The number of benzene rings is 1. The fraction of sp³-hybridized carbons (Fsp3) is 0.500. The van der Waals surface area contributed by atoms with Gasteiger partial charge in [0.2, 0.25) is 0 Å². The van der Waals surface area contributed by atoms with Gasteiger partial charge in [0.05, 0.1) is 16.7 Å². The molecule has 0 fully saturated rings. The Bertz CT molecular complexity index is 346. The standard InChI is InChI=1S/C12H17Cl2NOS/c1-12(2,15)8-17-7-6-16-11-9(13)4-3-5-10(11)14/h3-5H,6-8,15H2,1-2H3. The first-order valence-corrected chi connectivity index (χ1v) is 7.24. The van der Waals surface area contributed by atoms with Gasteiger partial charge in [-0.15, -0.1) is 0 Å². The van der Waals surface area contributed by atoms with Gasteiger partial charge < -0.3 is 10.5 Å². The maximum atomic E-state index is 5.98. The van der Waals surface area contributed by atoms with Crippen molar-refractivity contribution in [1.82, 2.24) is 0 Å². The van der Waals surface area contributed by atoms with Crippen LogP contribution < -0.4 is 10.5 Å². The van der Waals surface area contributed by atoms with Gasteiger partial charge in [-0.2, -0.15) is 11.8 Å². The summed E-state index contributed by atoms with van der Waals surface area (Å²) in [5, 5.41) is 1.09. The molecule has 0 aliphatic rings. The lowest BCUT2D eigenvalue weighted by Gasteiger charge is -2.17. The van der Waals surface area contributed by atoms with Gasteiger partial charge in [0.1, 0.15) is 0 Å². The van der Waals surface area contributed by atoms with Crippen LogP contribution in [0.3, 0.4) is 0 Å². The highest BCUT2D eigenvalue weighted by Gasteiger charge is 2.10. The minimum atomic E-state index is -0.146. The summed E-state index contributed by atoms with van der Waals surface area (Å²) in [5.41, 5.74) is 5.73. The van der Waals surface area contributed by atoms with Gasteiger partial charge >= 0.3 is 0 Å². The number of ether oxygens (including phenoxy) is 1. The zero-order valence-corrected chi connectivity index (χ0v) is 12.3. The molecule has 0 unspecified atom stereocenters. The Morgan fingerprint density at radius 2 is 1.88 bits per heavy atom. The number of hydrogen-bond donors (Lipinski definition) is 1. The van der Waals surface area contributed by atoms with Gasteiger partial charge in [0.25, 0.3) is 0 Å². The molecule has 0 heterocycles. The van der Waals surface area contributed by atoms with Crippen LogP contribution in [0.25, 0.3) is 0 Å². The SMILES string of the molecule is CC(C)(N)CSCCOc1c(Cl)cccc1Cl. The number of halogens is 2. The largest absolute Gasteiger partial charge is 0.490 e. The molecule has 2 nitrogen and oxygen atoms in total. The Morgan fingerprint density at radius 1 is 1.29 bits per heavy atom. The quantitative estimate of drug-likeness (QED) is 0.810. The third kappa shape index (κ3) is 5.87. The molecule has 5 heteroatoms. The van der Waals surface area contributed by atoms with Gasteiger partial charge in [-0.05, 0) is 26.0 Å². The van der Waals surface area contributed by atoms with E-state index < -0.39 is 0 Å². The van der Waals surface area contributed by atoms with Crippen LogP contribution in [-0.4, -0.2) is 23.7 Å². The van der Waals surface area contributed by atoms with Crippen molar-refractivity contribution in [3.63, 3.8) is 0 Å². The molecule has 1 aromatic carbocycles. The summed E-state index contributed by atoms with van der Waals surface area (Å²) in [6.45, 7) is 4.59. The van der Waals surface area contributed by atoms with Crippen LogP contribution >= 0.6 is 35.0 Å². The van der Waals surface area contributed by atoms with Crippen molar-refractivity contribution in [3.8, 4) is 5.75 Å². The predicted molar refractivity (Wildman–Crippen MR) is 77.5 cm³/mol. The summed E-state index contributed by atoms with van der Waals surface area (Å²) >= 11 is 13.7. The summed E-state index contributed by atoms with van der Waals surface area (Å²) in [5.74, 6) is 2.32. The summed E-state index contributed by atoms with van der Waals surface area (Å²) in [6, 6.07) is 5.32. The number of para-hydroxylation sites is 1. The van der Waals surface area contributed by atoms with E-state index in [0.717, 1.165) is 11.5 Å². The fourth-order valence-electron chi connectivity index (χ4n) is 1.16. The first-order chi connectivity index (χ1) is 7.90. The molecule has 96 valence electrons. The second-order valence-electron chi connectivity index (χ2n) is 4.44. The highest BCUT2D eigenvalue weighted by molar-refractivity contribution is 7.99. The van der Waals surface area contributed by atoms with Crippen LogP contribution in [-0.2, 0) is 0 Å². The Labute approximate surface area is 117 Å². The molecular weight excluding hydrogens is 277 g/mol. The average Bonchev–Trinajstić information content (AvgIpc) is 2.20. The Balaban J connectivity index is 2.32. The molecule has 1 aromatic rings. The average molecular weight is 294 g/mol. The number of hydrogen-bond acceptors (Lipinski definition) is 3. The van der Waals surface area contributed by atoms with E-state index in [1.807, 2.05) is 13.8 Å². The molecule has 0 atom stereocenters. The summed E-state index contributed by atoms with van der Waals surface area (Å²) in [4.78, 5) is 0. The van der Waals surface area contributed by atoms with Crippen LogP contribution in [0.4, 0.5) is 0 Å². The Hall–Kier alpha value is -0.0900. The molecule has 0 spiro atoms. The zero-order chi connectivity index (χ0) is 12.9.